The number of ether oxygens (including phenoxy) is 1. The molecule has 0 aliphatic carbocycles. The van der Waals surface area contributed by atoms with Crippen molar-refractivity contribution in [1.82, 2.24) is 14.9 Å². The third-order valence-electron chi connectivity index (χ3n) is 3.49. The molecule has 2 rings (SSSR count). The molecule has 0 spiro atoms. The van der Waals surface area contributed by atoms with Crippen LogP contribution in [0.3, 0.4) is 0 Å². The van der Waals surface area contributed by atoms with E-state index in [4.69, 9.17) is 4.74 Å². The molecule has 0 radical (unpaired) electrons. The van der Waals surface area contributed by atoms with Crippen LogP contribution in [0.25, 0.3) is 11.0 Å². The van der Waals surface area contributed by atoms with Crippen molar-refractivity contribution >= 4 is 17.0 Å². The van der Waals surface area contributed by atoms with Gasteiger partial charge in [-0.05, 0) is 25.6 Å². The lowest BCUT2D eigenvalue weighted by molar-refractivity contribution is -0.141. The summed E-state index contributed by atoms with van der Waals surface area (Å²) >= 11 is 0. The fourth-order valence-electron chi connectivity index (χ4n) is 2.25. The molecule has 5 heteroatoms. The number of imidazole rings is 1. The number of carbonyl (C=O) groups excluding carboxylic acids is 1. The molecule has 102 valence electrons. The highest BCUT2D eigenvalue weighted by Gasteiger charge is 2.19. The highest BCUT2D eigenvalue weighted by Crippen LogP contribution is 2.26. The van der Waals surface area contributed by atoms with Crippen molar-refractivity contribution < 1.29 is 9.53 Å². The Morgan fingerprint density at radius 3 is 2.89 bits per heavy atom. The van der Waals surface area contributed by atoms with Crippen molar-refractivity contribution in [3.63, 3.8) is 0 Å². The monoisotopic (exact) mass is 261 g/mol. The first kappa shape index (κ1) is 13.5. The maximum absolute atomic E-state index is 11.5. The van der Waals surface area contributed by atoms with Gasteiger partial charge in [-0.15, -0.1) is 0 Å². The molecule has 0 saturated carbocycles. The molecular weight excluding hydrogens is 242 g/mol. The van der Waals surface area contributed by atoms with E-state index in [2.05, 4.69) is 10.3 Å². The third kappa shape index (κ3) is 2.46. The largest absolute Gasteiger partial charge is 0.469 e. The maximum Gasteiger partial charge on any atom is 0.307 e. The standard InChI is InChI=1S/C14H19N3O2/c1-9-16-14-10(6-5-7-12(14)17(9)3)11(15-2)8-13(18)19-4/h5-7,11,15H,8H2,1-4H3. The van der Waals surface area contributed by atoms with Gasteiger partial charge in [0, 0.05) is 13.1 Å². The number of hydrogen-bond donors (Lipinski definition) is 1. The minimum absolute atomic E-state index is 0.0922. The summed E-state index contributed by atoms with van der Waals surface area (Å²) in [7, 11) is 5.23. The van der Waals surface area contributed by atoms with Crippen LogP contribution in [0, 0.1) is 6.92 Å². The SMILES string of the molecule is CNC(CC(=O)OC)c1cccc2c1nc(C)n2C. The number of rotatable bonds is 4. The molecule has 1 N–H and O–H groups in total. The lowest BCUT2D eigenvalue weighted by Gasteiger charge is -2.15. The van der Waals surface area contributed by atoms with Gasteiger partial charge < -0.3 is 14.6 Å². The number of aromatic nitrogens is 2. The summed E-state index contributed by atoms with van der Waals surface area (Å²) < 4.78 is 6.79. The second kappa shape index (κ2) is 5.40. The predicted octanol–water partition coefficient (Wildman–Crippen LogP) is 1.71. The van der Waals surface area contributed by atoms with Crippen LogP contribution in [-0.4, -0.2) is 29.7 Å². The van der Waals surface area contributed by atoms with Crippen LogP contribution in [0.1, 0.15) is 23.9 Å². The summed E-state index contributed by atoms with van der Waals surface area (Å²) in [6.45, 7) is 1.97. The van der Waals surface area contributed by atoms with E-state index in [0.717, 1.165) is 22.4 Å². The Bertz CT molecular complexity index is 604. The fraction of sp³-hybridized carbons (Fsp3) is 0.429. The van der Waals surface area contributed by atoms with Gasteiger partial charge in [-0.25, -0.2) is 4.98 Å². The van der Waals surface area contributed by atoms with Crippen molar-refractivity contribution in [2.24, 2.45) is 7.05 Å². The Morgan fingerprint density at radius 2 is 2.26 bits per heavy atom. The Labute approximate surface area is 112 Å². The molecule has 1 aromatic carbocycles. The van der Waals surface area contributed by atoms with Gasteiger partial charge in [-0.3, -0.25) is 4.79 Å². The minimum atomic E-state index is -0.232. The molecule has 0 fully saturated rings. The van der Waals surface area contributed by atoms with E-state index < -0.39 is 0 Å². The van der Waals surface area contributed by atoms with E-state index in [1.165, 1.54) is 7.11 Å². The van der Waals surface area contributed by atoms with Gasteiger partial charge in [0.05, 0.1) is 24.6 Å². The predicted molar refractivity (Wildman–Crippen MR) is 73.9 cm³/mol. The second-order valence-corrected chi connectivity index (χ2v) is 4.55. The quantitative estimate of drug-likeness (QED) is 0.851. The maximum atomic E-state index is 11.5. The van der Waals surface area contributed by atoms with Crippen LogP contribution in [0.2, 0.25) is 0 Å². The topological polar surface area (TPSA) is 56.1 Å². The highest BCUT2D eigenvalue weighted by molar-refractivity contribution is 5.81. The lowest BCUT2D eigenvalue weighted by atomic mass is 10.0. The van der Waals surface area contributed by atoms with Gasteiger partial charge in [-0.2, -0.15) is 0 Å². The van der Waals surface area contributed by atoms with E-state index >= 15 is 0 Å². The number of carbonyl (C=O) groups is 1. The summed E-state index contributed by atoms with van der Waals surface area (Å²) in [5.74, 6) is 0.722. The van der Waals surface area contributed by atoms with Crippen molar-refractivity contribution in [3.8, 4) is 0 Å². The van der Waals surface area contributed by atoms with Gasteiger partial charge in [0.15, 0.2) is 0 Å². The zero-order valence-corrected chi connectivity index (χ0v) is 11.7. The van der Waals surface area contributed by atoms with Crippen molar-refractivity contribution in [2.75, 3.05) is 14.2 Å². The van der Waals surface area contributed by atoms with Crippen LogP contribution >= 0.6 is 0 Å². The molecular formula is C14H19N3O2. The molecule has 1 heterocycles. The molecule has 1 atom stereocenters. The Morgan fingerprint density at radius 1 is 1.53 bits per heavy atom. The van der Waals surface area contributed by atoms with E-state index in [9.17, 15) is 4.79 Å². The van der Waals surface area contributed by atoms with Gasteiger partial charge in [0.2, 0.25) is 0 Å². The average molecular weight is 261 g/mol. The number of esters is 1. The molecule has 0 bridgehead atoms. The number of methoxy groups -OCH3 is 1. The first-order valence-electron chi connectivity index (χ1n) is 6.24. The summed E-state index contributed by atoms with van der Waals surface area (Å²) in [5.41, 5.74) is 3.03. The summed E-state index contributed by atoms with van der Waals surface area (Å²) in [4.78, 5) is 16.1. The van der Waals surface area contributed by atoms with Crippen LogP contribution in [0.4, 0.5) is 0 Å². The fourth-order valence-corrected chi connectivity index (χ4v) is 2.25. The number of nitrogens with zero attached hydrogens (tertiary/aromatic N) is 2. The Kier molecular flexibility index (Phi) is 3.85. The van der Waals surface area contributed by atoms with Crippen LogP contribution in [0.15, 0.2) is 18.2 Å². The molecule has 19 heavy (non-hydrogen) atoms. The van der Waals surface area contributed by atoms with Gasteiger partial charge >= 0.3 is 5.97 Å². The molecule has 0 aliphatic heterocycles. The molecule has 5 nitrogen and oxygen atoms in total. The van der Waals surface area contributed by atoms with Crippen LogP contribution < -0.4 is 5.32 Å². The van der Waals surface area contributed by atoms with Crippen molar-refractivity contribution in [3.05, 3.63) is 29.6 Å². The molecule has 2 aromatic rings. The number of aryl methyl sites for hydroxylation is 2. The molecule has 0 aliphatic rings. The number of fused-ring (bicyclic) bond motifs is 1. The van der Waals surface area contributed by atoms with Crippen LogP contribution in [0.5, 0.6) is 0 Å². The first-order chi connectivity index (χ1) is 9.08. The van der Waals surface area contributed by atoms with Gasteiger partial charge in [-0.1, -0.05) is 12.1 Å². The summed E-state index contributed by atoms with van der Waals surface area (Å²) in [6.07, 6.45) is 0.293. The van der Waals surface area contributed by atoms with E-state index in [-0.39, 0.29) is 12.0 Å². The van der Waals surface area contributed by atoms with E-state index in [1.54, 1.807) is 0 Å². The summed E-state index contributed by atoms with van der Waals surface area (Å²) in [6, 6.07) is 5.92. The summed E-state index contributed by atoms with van der Waals surface area (Å²) in [5, 5.41) is 3.15. The zero-order chi connectivity index (χ0) is 14.0. The molecule has 0 amide bonds. The van der Waals surface area contributed by atoms with Gasteiger partial charge in [0.25, 0.3) is 0 Å². The van der Waals surface area contributed by atoms with Gasteiger partial charge in [0.1, 0.15) is 5.82 Å². The average Bonchev–Trinajstić information content (AvgIpc) is 2.72. The zero-order valence-electron chi connectivity index (χ0n) is 11.7. The van der Waals surface area contributed by atoms with E-state index in [0.29, 0.717) is 6.42 Å². The van der Waals surface area contributed by atoms with Crippen molar-refractivity contribution in [1.29, 1.82) is 0 Å². The van der Waals surface area contributed by atoms with Crippen molar-refractivity contribution in [2.45, 2.75) is 19.4 Å². The molecule has 0 saturated heterocycles. The third-order valence-corrected chi connectivity index (χ3v) is 3.49. The number of benzene rings is 1. The Balaban J connectivity index is 2.48. The van der Waals surface area contributed by atoms with E-state index in [1.807, 2.05) is 43.8 Å². The number of para-hydroxylation sites is 1. The highest BCUT2D eigenvalue weighted by atomic mass is 16.5. The first-order valence-corrected chi connectivity index (χ1v) is 6.24. The minimum Gasteiger partial charge on any atom is -0.469 e. The smallest absolute Gasteiger partial charge is 0.307 e. The lowest BCUT2D eigenvalue weighted by Crippen LogP contribution is -2.21. The number of nitrogens with one attached hydrogen (secondary N) is 1. The molecule has 1 unspecified atom stereocenters. The van der Waals surface area contributed by atoms with Crippen LogP contribution in [-0.2, 0) is 16.6 Å². The Hall–Kier alpha value is -1.88. The normalized spacial score (nSPS) is 12.6. The second-order valence-electron chi connectivity index (χ2n) is 4.55. The molecule has 1 aromatic heterocycles. The number of hydrogen-bond acceptors (Lipinski definition) is 4.